The van der Waals surface area contributed by atoms with E-state index in [-0.39, 0.29) is 18.5 Å². The predicted molar refractivity (Wildman–Crippen MR) is 138 cm³/mol. The number of piperidine rings is 1. The first-order valence-electron chi connectivity index (χ1n) is 12.9. The van der Waals surface area contributed by atoms with Crippen LogP contribution in [0.5, 0.6) is 0 Å². The number of likely N-dealkylation sites (tertiary alicyclic amines) is 1. The van der Waals surface area contributed by atoms with E-state index in [1.807, 2.05) is 10.9 Å². The lowest BCUT2D eigenvalue weighted by Gasteiger charge is -2.37. The summed E-state index contributed by atoms with van der Waals surface area (Å²) in [7, 11) is -2.27. The van der Waals surface area contributed by atoms with E-state index in [2.05, 4.69) is 42.1 Å². The maximum absolute atomic E-state index is 11.2. The summed E-state index contributed by atoms with van der Waals surface area (Å²) in [6.07, 6.45) is 6.23. The first-order chi connectivity index (χ1) is 17.9. The molecule has 2 fully saturated rings. The number of hydrogen-bond acceptors (Lipinski definition) is 11. The highest BCUT2D eigenvalue weighted by Gasteiger charge is 2.25. The molecule has 3 aliphatic heterocycles. The third-order valence-electron chi connectivity index (χ3n) is 6.62. The molecule has 0 aliphatic carbocycles. The van der Waals surface area contributed by atoms with Crippen LogP contribution in [0.1, 0.15) is 25.0 Å². The Morgan fingerprint density at radius 1 is 1.22 bits per heavy atom. The van der Waals surface area contributed by atoms with Crippen LogP contribution in [0, 0.1) is 0 Å². The van der Waals surface area contributed by atoms with Crippen LogP contribution >= 0.6 is 7.60 Å². The minimum Gasteiger partial charge on any atom is -0.385 e. The van der Waals surface area contributed by atoms with Crippen molar-refractivity contribution in [3.63, 3.8) is 0 Å². The van der Waals surface area contributed by atoms with Gasteiger partial charge >= 0.3 is 7.60 Å². The number of morpholine rings is 1. The molecule has 1 atom stereocenters. The Bertz CT molecular complexity index is 954. The second kappa shape index (κ2) is 13.7. The summed E-state index contributed by atoms with van der Waals surface area (Å²) < 4.78 is 23.6. The third-order valence-corrected chi connectivity index (χ3v) is 7.41. The Balaban J connectivity index is 1.33. The topological polar surface area (TPSA) is 162 Å². The number of aliphatic imine (C=N–C) groups is 1. The van der Waals surface area contributed by atoms with Gasteiger partial charge in [0.05, 0.1) is 25.1 Å². The van der Waals surface area contributed by atoms with Crippen molar-refractivity contribution in [2.24, 2.45) is 4.99 Å². The first kappa shape index (κ1) is 28.0. The zero-order valence-electron chi connectivity index (χ0n) is 21.5. The average Bonchev–Trinajstić information content (AvgIpc) is 3.35. The Labute approximate surface area is 217 Å². The quantitative estimate of drug-likeness (QED) is 0.164. The number of hydrogen-bond donors (Lipinski definition) is 5. The van der Waals surface area contributed by atoms with Crippen LogP contribution in [0.15, 0.2) is 23.1 Å². The molecule has 14 nitrogen and oxygen atoms in total. The van der Waals surface area contributed by atoms with E-state index in [0.29, 0.717) is 32.9 Å². The van der Waals surface area contributed by atoms with Gasteiger partial charge in [-0.25, -0.2) is 4.99 Å². The molecule has 4 rings (SSSR count). The molecule has 208 valence electrons. The predicted octanol–water partition coefficient (Wildman–Crippen LogP) is -0.905. The summed E-state index contributed by atoms with van der Waals surface area (Å²) in [4.78, 5) is 27.5. The number of methoxy groups -OCH3 is 1. The van der Waals surface area contributed by atoms with Crippen LogP contribution in [0.2, 0.25) is 0 Å². The Kier molecular flexibility index (Phi) is 10.3. The lowest BCUT2D eigenvalue weighted by Crippen LogP contribution is -2.52. The van der Waals surface area contributed by atoms with Crippen molar-refractivity contribution < 1.29 is 23.8 Å². The number of nitrogens with zero attached hydrogens (tertiary/aromatic N) is 6. The van der Waals surface area contributed by atoms with Gasteiger partial charge < -0.3 is 39.7 Å². The second-order valence-corrected chi connectivity index (χ2v) is 11.3. The highest BCUT2D eigenvalue weighted by molar-refractivity contribution is 7.51. The van der Waals surface area contributed by atoms with Gasteiger partial charge in [-0.3, -0.25) is 14.6 Å². The summed E-state index contributed by atoms with van der Waals surface area (Å²) in [5.74, 6) is 1.82. The van der Waals surface area contributed by atoms with Crippen LogP contribution in [-0.4, -0.2) is 119 Å². The van der Waals surface area contributed by atoms with Crippen molar-refractivity contribution in [2.45, 2.75) is 44.7 Å². The maximum atomic E-state index is 11.2. The van der Waals surface area contributed by atoms with Gasteiger partial charge in [0, 0.05) is 77.8 Å². The van der Waals surface area contributed by atoms with E-state index >= 15 is 0 Å². The smallest absolute Gasteiger partial charge is 0.326 e. The van der Waals surface area contributed by atoms with Gasteiger partial charge in [0.25, 0.3) is 0 Å². The molecule has 0 amide bonds. The van der Waals surface area contributed by atoms with E-state index in [1.165, 1.54) is 0 Å². The summed E-state index contributed by atoms with van der Waals surface area (Å²) in [6, 6.07) is 0.248. The van der Waals surface area contributed by atoms with Crippen LogP contribution in [-0.2, 0) is 27.1 Å². The highest BCUT2D eigenvalue weighted by Crippen LogP contribution is 2.33. The fourth-order valence-corrected chi connectivity index (χ4v) is 5.11. The minimum atomic E-state index is -3.96. The third kappa shape index (κ3) is 9.32. The Morgan fingerprint density at radius 2 is 2.00 bits per heavy atom. The summed E-state index contributed by atoms with van der Waals surface area (Å²) in [6.45, 7) is 6.99. The number of aryl methyl sites for hydroxylation is 1. The summed E-state index contributed by atoms with van der Waals surface area (Å²) in [5.41, 5.74) is 0.842. The molecule has 0 aromatic carbocycles. The molecule has 0 radical (unpaired) electrons. The van der Waals surface area contributed by atoms with Crippen molar-refractivity contribution >= 4 is 13.4 Å². The summed E-state index contributed by atoms with van der Waals surface area (Å²) in [5, 5.41) is 19.0. The highest BCUT2D eigenvalue weighted by atomic mass is 31.2. The molecule has 3 aliphatic rings. The normalized spacial score (nSPS) is 21.9. The van der Waals surface area contributed by atoms with Crippen molar-refractivity contribution in [3.8, 4) is 0 Å². The molecule has 0 bridgehead atoms. The second-order valence-electron chi connectivity index (χ2n) is 9.54. The molecule has 1 aromatic rings. The van der Waals surface area contributed by atoms with Gasteiger partial charge in [-0.1, -0.05) is 5.21 Å². The van der Waals surface area contributed by atoms with Crippen molar-refractivity contribution in [1.82, 2.24) is 40.7 Å². The first-order valence-corrected chi connectivity index (χ1v) is 14.7. The van der Waals surface area contributed by atoms with E-state index in [1.54, 1.807) is 7.11 Å². The largest absolute Gasteiger partial charge is 0.385 e. The average molecular weight is 542 g/mol. The van der Waals surface area contributed by atoms with Crippen molar-refractivity contribution in [3.05, 3.63) is 23.8 Å². The zero-order chi connectivity index (χ0) is 26.1. The molecular formula is C22H40N9O5P. The lowest BCUT2D eigenvalue weighted by molar-refractivity contribution is 0.0489. The van der Waals surface area contributed by atoms with E-state index < -0.39 is 7.60 Å². The fourth-order valence-electron chi connectivity index (χ4n) is 4.56. The number of ether oxygens (including phenoxy) is 2. The molecule has 1 aromatic heterocycles. The molecule has 15 heteroatoms. The molecule has 0 spiro atoms. The fraction of sp³-hybridized carbons (Fsp3) is 0.773. The minimum absolute atomic E-state index is 0.0939. The molecule has 1 unspecified atom stereocenters. The van der Waals surface area contributed by atoms with Gasteiger partial charge in [0.1, 0.15) is 11.7 Å². The standard InChI is InChI=1S/C22H40N9O5P/c1-35-11-2-5-31-17-19(27-28-31)16-23-22-25-20(15-21(26-22)30-8-12-36-13-9-30)24-18-3-6-29(7-4-18)10-14-37(32,33)34/h15,17-18,22-23,26H,2-14,16H2,1H3,(H,24,25)(H2,32,33,34). The van der Waals surface area contributed by atoms with Gasteiger partial charge in [0.2, 0.25) is 0 Å². The van der Waals surface area contributed by atoms with Gasteiger partial charge in [0.15, 0.2) is 6.29 Å². The van der Waals surface area contributed by atoms with Crippen molar-refractivity contribution in [1.29, 1.82) is 0 Å². The molecule has 4 heterocycles. The van der Waals surface area contributed by atoms with Crippen LogP contribution in [0.4, 0.5) is 0 Å². The monoisotopic (exact) mass is 541 g/mol. The molecule has 5 N–H and O–H groups in total. The number of amidine groups is 1. The molecule has 2 saturated heterocycles. The van der Waals surface area contributed by atoms with Crippen molar-refractivity contribution in [2.75, 3.05) is 65.8 Å². The van der Waals surface area contributed by atoms with Gasteiger partial charge in [-0.05, 0) is 19.3 Å². The van der Waals surface area contributed by atoms with E-state index in [4.69, 9.17) is 24.3 Å². The van der Waals surface area contributed by atoms with E-state index in [9.17, 15) is 4.57 Å². The maximum Gasteiger partial charge on any atom is 0.326 e. The van der Waals surface area contributed by atoms with Crippen LogP contribution < -0.4 is 16.0 Å². The van der Waals surface area contributed by atoms with Gasteiger partial charge in [-0.15, -0.1) is 5.10 Å². The lowest BCUT2D eigenvalue weighted by atomic mass is 10.0. The zero-order valence-corrected chi connectivity index (χ0v) is 22.4. The number of rotatable bonds is 12. The number of nitrogens with one attached hydrogen (secondary N) is 3. The Morgan fingerprint density at radius 3 is 2.73 bits per heavy atom. The number of aromatic nitrogens is 3. The van der Waals surface area contributed by atoms with Crippen LogP contribution in [0.3, 0.4) is 0 Å². The molecule has 0 saturated carbocycles. The molecular weight excluding hydrogens is 501 g/mol. The van der Waals surface area contributed by atoms with Crippen LogP contribution in [0.25, 0.3) is 0 Å². The van der Waals surface area contributed by atoms with Gasteiger partial charge in [-0.2, -0.15) is 0 Å². The van der Waals surface area contributed by atoms with E-state index in [0.717, 1.165) is 69.3 Å². The summed E-state index contributed by atoms with van der Waals surface area (Å²) >= 11 is 0. The SMILES string of the molecule is COCCCn1cc(CNC2N=C(NC3CCN(CCP(=O)(O)O)CC3)C=C(N3CCOCC3)N2)nn1. The molecule has 37 heavy (non-hydrogen) atoms. The Hall–Kier alpha value is -2.06.